The van der Waals surface area contributed by atoms with Crippen LogP contribution in [0.25, 0.3) is 17.1 Å². The fourth-order valence-electron chi connectivity index (χ4n) is 2.53. The molecular formula is C20H13ClFN5O2S. The number of ether oxygens (including phenoxy) is 1. The smallest absolute Gasteiger partial charge is 0.376 e. The van der Waals surface area contributed by atoms with E-state index in [1.807, 2.05) is 12.1 Å². The van der Waals surface area contributed by atoms with Gasteiger partial charge in [-0.25, -0.2) is 28.8 Å². The molecule has 0 bridgehead atoms. The van der Waals surface area contributed by atoms with Gasteiger partial charge in [0.1, 0.15) is 11.5 Å². The SMILES string of the molecule is COC(=O)c1ncc(-c2nn(-c3ccc(F)cn3)cc2Sc2ccc(Cl)cc2)cn1. The number of carbonyl (C=O) groups is 1. The van der Waals surface area contributed by atoms with Crippen molar-refractivity contribution < 1.29 is 13.9 Å². The Kier molecular flexibility index (Phi) is 5.73. The molecule has 30 heavy (non-hydrogen) atoms. The van der Waals surface area contributed by atoms with E-state index in [2.05, 4.69) is 24.8 Å². The zero-order chi connectivity index (χ0) is 21.1. The number of carbonyl (C=O) groups excluding carboxylic acids is 1. The van der Waals surface area contributed by atoms with Crippen molar-refractivity contribution in [2.75, 3.05) is 7.11 Å². The lowest BCUT2D eigenvalue weighted by Crippen LogP contribution is -2.06. The van der Waals surface area contributed by atoms with Crippen LogP contribution in [0.5, 0.6) is 0 Å². The van der Waals surface area contributed by atoms with Gasteiger partial charge >= 0.3 is 5.97 Å². The maximum Gasteiger partial charge on any atom is 0.376 e. The molecule has 7 nitrogen and oxygen atoms in total. The van der Waals surface area contributed by atoms with Crippen LogP contribution in [0, 0.1) is 5.82 Å². The number of esters is 1. The lowest BCUT2D eigenvalue weighted by molar-refractivity contribution is 0.0586. The molecule has 3 aromatic heterocycles. The molecule has 0 unspecified atom stereocenters. The zero-order valence-corrected chi connectivity index (χ0v) is 17.1. The topological polar surface area (TPSA) is 82.8 Å². The molecule has 0 amide bonds. The summed E-state index contributed by atoms with van der Waals surface area (Å²) in [6.45, 7) is 0. The molecule has 0 fully saturated rings. The van der Waals surface area contributed by atoms with Crippen molar-refractivity contribution in [3.63, 3.8) is 0 Å². The largest absolute Gasteiger partial charge is 0.463 e. The minimum Gasteiger partial charge on any atom is -0.463 e. The summed E-state index contributed by atoms with van der Waals surface area (Å²) in [7, 11) is 1.26. The van der Waals surface area contributed by atoms with E-state index in [1.54, 1.807) is 23.0 Å². The highest BCUT2D eigenvalue weighted by Gasteiger charge is 2.17. The Morgan fingerprint density at radius 1 is 1.07 bits per heavy atom. The van der Waals surface area contributed by atoms with Crippen LogP contribution in [-0.2, 0) is 4.74 Å². The molecule has 4 rings (SSSR count). The highest BCUT2D eigenvalue weighted by atomic mass is 35.5. The van der Waals surface area contributed by atoms with Gasteiger partial charge in [-0.2, -0.15) is 5.10 Å². The number of nitrogens with zero attached hydrogens (tertiary/aromatic N) is 5. The Labute approximate surface area is 179 Å². The van der Waals surface area contributed by atoms with Crippen LogP contribution in [0.3, 0.4) is 0 Å². The van der Waals surface area contributed by atoms with Crippen LogP contribution < -0.4 is 0 Å². The third-order valence-corrected chi connectivity index (χ3v) is 5.24. The van der Waals surface area contributed by atoms with Crippen molar-refractivity contribution in [1.29, 1.82) is 0 Å². The third kappa shape index (κ3) is 4.32. The van der Waals surface area contributed by atoms with Crippen LogP contribution in [-0.4, -0.2) is 37.8 Å². The lowest BCUT2D eigenvalue weighted by Gasteiger charge is -2.03. The van der Waals surface area contributed by atoms with E-state index in [1.165, 1.54) is 43.4 Å². The summed E-state index contributed by atoms with van der Waals surface area (Å²) in [5.41, 5.74) is 1.18. The van der Waals surface area contributed by atoms with Crippen LogP contribution in [0.4, 0.5) is 4.39 Å². The summed E-state index contributed by atoms with van der Waals surface area (Å²) in [6, 6.07) is 10.2. The first kappa shape index (κ1) is 20.0. The average molecular weight is 442 g/mol. The maximum atomic E-state index is 13.2. The van der Waals surface area contributed by atoms with E-state index in [0.717, 1.165) is 16.0 Å². The molecule has 10 heteroatoms. The Morgan fingerprint density at radius 3 is 2.43 bits per heavy atom. The number of rotatable bonds is 5. The fraction of sp³-hybridized carbons (Fsp3) is 0.0500. The van der Waals surface area contributed by atoms with Gasteiger partial charge in [0, 0.05) is 34.1 Å². The van der Waals surface area contributed by atoms with Crippen molar-refractivity contribution >= 4 is 29.3 Å². The minimum absolute atomic E-state index is 0.0483. The summed E-state index contributed by atoms with van der Waals surface area (Å²) >= 11 is 7.43. The number of methoxy groups -OCH3 is 1. The highest BCUT2D eigenvalue weighted by Crippen LogP contribution is 2.36. The molecular weight excluding hydrogens is 429 g/mol. The second-order valence-corrected chi connectivity index (χ2v) is 7.52. The van der Waals surface area contributed by atoms with Crippen LogP contribution in [0.1, 0.15) is 10.6 Å². The normalized spacial score (nSPS) is 10.8. The second-order valence-electron chi connectivity index (χ2n) is 5.96. The van der Waals surface area contributed by atoms with Crippen molar-refractivity contribution in [2.45, 2.75) is 9.79 Å². The molecule has 0 saturated heterocycles. The van der Waals surface area contributed by atoms with E-state index < -0.39 is 11.8 Å². The van der Waals surface area contributed by atoms with Gasteiger partial charge in [-0.15, -0.1) is 0 Å². The Balaban J connectivity index is 1.75. The zero-order valence-electron chi connectivity index (χ0n) is 15.5. The summed E-state index contributed by atoms with van der Waals surface area (Å²) in [6.07, 6.45) is 5.89. The summed E-state index contributed by atoms with van der Waals surface area (Å²) in [4.78, 5) is 25.5. The second kappa shape index (κ2) is 8.60. The van der Waals surface area contributed by atoms with E-state index >= 15 is 0 Å². The van der Waals surface area contributed by atoms with Gasteiger partial charge in [0.05, 0.1) is 18.2 Å². The molecule has 150 valence electrons. The van der Waals surface area contributed by atoms with E-state index in [-0.39, 0.29) is 5.82 Å². The first-order valence-electron chi connectivity index (χ1n) is 8.59. The highest BCUT2D eigenvalue weighted by molar-refractivity contribution is 7.99. The predicted molar refractivity (Wildman–Crippen MR) is 109 cm³/mol. The van der Waals surface area contributed by atoms with Crippen molar-refractivity contribution in [3.05, 3.63) is 77.8 Å². The minimum atomic E-state index is -0.627. The summed E-state index contributed by atoms with van der Waals surface area (Å²) < 4.78 is 19.4. The van der Waals surface area contributed by atoms with Crippen LogP contribution in [0.2, 0.25) is 5.02 Å². The molecule has 0 spiro atoms. The van der Waals surface area contributed by atoms with Crippen molar-refractivity contribution in [3.8, 4) is 17.1 Å². The first-order chi connectivity index (χ1) is 14.5. The van der Waals surface area contributed by atoms with Gasteiger partial charge < -0.3 is 4.74 Å². The quantitative estimate of drug-likeness (QED) is 0.423. The standard InChI is InChI=1S/C20H13ClFN5O2S/c1-29-20(28)19-24-8-12(9-25-19)18-16(30-15-5-2-13(21)3-6-15)11-27(26-18)17-7-4-14(22)10-23-17/h2-11H,1H3. The van der Waals surface area contributed by atoms with Gasteiger partial charge in [-0.1, -0.05) is 23.4 Å². The Morgan fingerprint density at radius 2 is 1.80 bits per heavy atom. The molecule has 3 heterocycles. The van der Waals surface area contributed by atoms with Crippen LogP contribution in [0.15, 0.2) is 71.0 Å². The number of benzene rings is 1. The predicted octanol–water partition coefficient (Wildman–Crippen LogP) is 4.45. The van der Waals surface area contributed by atoms with E-state index in [9.17, 15) is 9.18 Å². The summed E-state index contributed by atoms with van der Waals surface area (Å²) in [5, 5.41) is 5.21. The Hall–Kier alpha value is -3.30. The maximum absolute atomic E-state index is 13.2. The molecule has 0 aliphatic heterocycles. The molecule has 1 aromatic carbocycles. The molecule has 0 aliphatic rings. The number of pyridine rings is 1. The number of hydrogen-bond acceptors (Lipinski definition) is 7. The van der Waals surface area contributed by atoms with Crippen molar-refractivity contribution in [2.24, 2.45) is 0 Å². The average Bonchev–Trinajstić information content (AvgIpc) is 3.19. The van der Waals surface area contributed by atoms with Gasteiger partial charge in [0.25, 0.3) is 0 Å². The Bertz CT molecular complexity index is 1180. The molecule has 0 radical (unpaired) electrons. The van der Waals surface area contributed by atoms with Gasteiger partial charge in [0.15, 0.2) is 5.82 Å². The van der Waals surface area contributed by atoms with Crippen LogP contribution >= 0.6 is 23.4 Å². The monoisotopic (exact) mass is 441 g/mol. The third-order valence-electron chi connectivity index (χ3n) is 3.96. The van der Waals surface area contributed by atoms with E-state index in [4.69, 9.17) is 11.6 Å². The molecule has 0 atom stereocenters. The number of aromatic nitrogens is 5. The summed E-state index contributed by atoms with van der Waals surface area (Å²) in [5.74, 6) is -0.660. The molecule has 0 aliphatic carbocycles. The number of hydrogen-bond donors (Lipinski definition) is 0. The fourth-order valence-corrected chi connectivity index (χ4v) is 3.59. The number of halogens is 2. The molecule has 0 N–H and O–H groups in total. The van der Waals surface area contributed by atoms with Crippen molar-refractivity contribution in [1.82, 2.24) is 24.7 Å². The van der Waals surface area contributed by atoms with Gasteiger partial charge in [0.2, 0.25) is 5.82 Å². The van der Waals surface area contributed by atoms with E-state index in [0.29, 0.717) is 22.1 Å². The molecule has 0 saturated carbocycles. The van der Waals surface area contributed by atoms with Gasteiger partial charge in [-0.05, 0) is 36.4 Å². The first-order valence-corrected chi connectivity index (χ1v) is 9.78. The molecule has 4 aromatic rings. The van der Waals surface area contributed by atoms with Gasteiger partial charge in [-0.3, -0.25) is 0 Å². The lowest BCUT2D eigenvalue weighted by atomic mass is 10.2.